The van der Waals surface area contributed by atoms with E-state index in [1.54, 1.807) is 0 Å². The molecule has 0 aliphatic carbocycles. The van der Waals surface area contributed by atoms with Crippen LogP contribution in [-0.4, -0.2) is 30.9 Å². The van der Waals surface area contributed by atoms with Crippen LogP contribution in [0.4, 0.5) is 0 Å². The Morgan fingerprint density at radius 3 is 1.67 bits per heavy atom. The molecule has 0 saturated carbocycles. The summed E-state index contributed by atoms with van der Waals surface area (Å²) in [6.45, 7) is 3.76. The summed E-state index contributed by atoms with van der Waals surface area (Å²) in [5, 5.41) is 0. The van der Waals surface area contributed by atoms with Gasteiger partial charge in [0, 0.05) is 0 Å². The zero-order valence-electron chi connectivity index (χ0n) is 17.3. The molecule has 4 nitrogen and oxygen atoms in total. The van der Waals surface area contributed by atoms with Crippen molar-refractivity contribution < 1.29 is 19.0 Å². The van der Waals surface area contributed by atoms with Crippen LogP contribution in [0.5, 0.6) is 0 Å². The van der Waals surface area contributed by atoms with E-state index in [0.29, 0.717) is 0 Å². The predicted molar refractivity (Wildman–Crippen MR) is 115 cm³/mol. The second-order valence-electron chi connectivity index (χ2n) is 7.85. The Labute approximate surface area is 177 Å². The maximum atomic E-state index is 12.9. The Kier molecular flexibility index (Phi) is 5.82. The molecule has 0 spiro atoms. The summed E-state index contributed by atoms with van der Waals surface area (Å²) in [6.07, 6.45) is -0.625. The van der Waals surface area contributed by atoms with Gasteiger partial charge in [0.25, 0.3) is 0 Å². The average Bonchev–Trinajstić information content (AvgIpc) is 3.16. The highest BCUT2D eigenvalue weighted by Gasteiger charge is 2.41. The number of Topliss-reactive ketones (excluding diaryl/α,β-unsaturated/α-hetero) is 1. The molecule has 1 aliphatic heterocycles. The lowest BCUT2D eigenvalue weighted by atomic mass is 9.80. The van der Waals surface area contributed by atoms with E-state index in [0.717, 1.165) is 16.7 Å². The topological polar surface area (TPSA) is 44.8 Å². The fourth-order valence-electron chi connectivity index (χ4n) is 3.89. The number of rotatable bonds is 7. The summed E-state index contributed by atoms with van der Waals surface area (Å²) in [5.41, 5.74) is 1.95. The van der Waals surface area contributed by atoms with E-state index in [4.69, 9.17) is 14.2 Å². The lowest BCUT2D eigenvalue weighted by molar-refractivity contribution is -0.156. The van der Waals surface area contributed by atoms with Gasteiger partial charge in [0.1, 0.15) is 18.3 Å². The van der Waals surface area contributed by atoms with E-state index in [1.807, 2.05) is 105 Å². The maximum Gasteiger partial charge on any atom is 0.189 e. The second-order valence-corrected chi connectivity index (χ2v) is 7.85. The van der Waals surface area contributed by atoms with Gasteiger partial charge in [0.05, 0.1) is 6.61 Å². The minimum atomic E-state index is -0.922. The molecule has 0 radical (unpaired) electrons. The molecule has 154 valence electrons. The quantitative estimate of drug-likeness (QED) is 0.537. The van der Waals surface area contributed by atoms with E-state index in [2.05, 4.69) is 0 Å². The van der Waals surface area contributed by atoms with Gasteiger partial charge >= 0.3 is 0 Å². The fraction of sp³-hybridized carbons (Fsp3) is 0.269. The van der Waals surface area contributed by atoms with Crippen molar-refractivity contribution in [2.75, 3.05) is 13.2 Å². The van der Waals surface area contributed by atoms with Crippen molar-refractivity contribution in [3.63, 3.8) is 0 Å². The first-order chi connectivity index (χ1) is 14.5. The van der Waals surface area contributed by atoms with Gasteiger partial charge in [-0.05, 0) is 30.5 Å². The highest BCUT2D eigenvalue weighted by molar-refractivity contribution is 5.84. The van der Waals surface area contributed by atoms with Crippen molar-refractivity contribution in [3.8, 4) is 0 Å². The van der Waals surface area contributed by atoms with Gasteiger partial charge in [-0.25, -0.2) is 0 Å². The second kappa shape index (κ2) is 8.52. The van der Waals surface area contributed by atoms with Crippen LogP contribution in [0.15, 0.2) is 91.0 Å². The molecule has 4 heteroatoms. The first kappa shape index (κ1) is 20.5. The van der Waals surface area contributed by atoms with Gasteiger partial charge < -0.3 is 14.2 Å². The molecular weight excluding hydrogens is 376 g/mol. The van der Waals surface area contributed by atoms with Crippen LogP contribution in [0.2, 0.25) is 0 Å². The van der Waals surface area contributed by atoms with Gasteiger partial charge in [-0.15, -0.1) is 0 Å². The number of carbonyl (C=O) groups is 1. The van der Waals surface area contributed by atoms with E-state index in [9.17, 15) is 4.79 Å². The van der Waals surface area contributed by atoms with Gasteiger partial charge in [0.15, 0.2) is 11.6 Å². The predicted octanol–water partition coefficient (Wildman–Crippen LogP) is 4.72. The molecule has 1 heterocycles. The first-order valence-electron chi connectivity index (χ1n) is 10.2. The Balaban J connectivity index is 1.74. The van der Waals surface area contributed by atoms with Crippen molar-refractivity contribution >= 4 is 5.78 Å². The highest BCUT2D eigenvalue weighted by Crippen LogP contribution is 2.40. The zero-order valence-corrected chi connectivity index (χ0v) is 17.3. The van der Waals surface area contributed by atoms with Crippen molar-refractivity contribution in [1.29, 1.82) is 0 Å². The summed E-state index contributed by atoms with van der Waals surface area (Å²) >= 11 is 0. The molecule has 3 aromatic rings. The highest BCUT2D eigenvalue weighted by atomic mass is 16.7. The zero-order chi connectivity index (χ0) is 21.0. The molecule has 1 fully saturated rings. The van der Waals surface area contributed by atoms with Crippen molar-refractivity contribution in [3.05, 3.63) is 108 Å². The first-order valence-corrected chi connectivity index (χ1v) is 10.2. The van der Waals surface area contributed by atoms with E-state index in [1.165, 1.54) is 0 Å². The number of hydrogen-bond acceptors (Lipinski definition) is 4. The molecule has 3 aromatic carbocycles. The summed E-state index contributed by atoms with van der Waals surface area (Å²) in [6, 6.07) is 30.0. The molecule has 1 unspecified atom stereocenters. The van der Waals surface area contributed by atoms with E-state index >= 15 is 0 Å². The normalized spacial score (nSPS) is 18.3. The van der Waals surface area contributed by atoms with Crippen LogP contribution >= 0.6 is 0 Å². The lowest BCUT2D eigenvalue weighted by Crippen LogP contribution is -2.38. The largest absolute Gasteiger partial charge is 0.353 e. The monoisotopic (exact) mass is 402 g/mol. The third-order valence-corrected chi connectivity index (χ3v) is 5.34. The molecule has 0 bridgehead atoms. The van der Waals surface area contributed by atoms with Crippen LogP contribution in [0.3, 0.4) is 0 Å². The average molecular weight is 402 g/mol. The standard InChI is InChI=1S/C26H26O4/c1-25(2)28-19-24(30-25)23(27)18-29-26(20-12-6-3-7-13-20,21-14-8-4-9-15-21)22-16-10-5-11-17-22/h3-17,24H,18-19H2,1-2H3. The van der Waals surface area contributed by atoms with Crippen molar-refractivity contribution in [1.82, 2.24) is 0 Å². The molecule has 0 aromatic heterocycles. The van der Waals surface area contributed by atoms with Gasteiger partial charge in [0.2, 0.25) is 0 Å². The Morgan fingerprint density at radius 1 is 0.867 bits per heavy atom. The molecule has 30 heavy (non-hydrogen) atoms. The van der Waals surface area contributed by atoms with E-state index in [-0.39, 0.29) is 19.0 Å². The van der Waals surface area contributed by atoms with Crippen molar-refractivity contribution in [2.45, 2.75) is 31.3 Å². The molecule has 0 amide bonds. The minimum absolute atomic E-state index is 0.0945. The van der Waals surface area contributed by atoms with Crippen LogP contribution in [-0.2, 0) is 24.6 Å². The van der Waals surface area contributed by atoms with E-state index < -0.39 is 17.5 Å². The summed E-state index contributed by atoms with van der Waals surface area (Å²) < 4.78 is 17.8. The van der Waals surface area contributed by atoms with Crippen LogP contribution in [0.1, 0.15) is 30.5 Å². The minimum Gasteiger partial charge on any atom is -0.353 e. The number of carbonyl (C=O) groups excluding carboxylic acids is 1. The Bertz CT molecular complexity index is 871. The van der Waals surface area contributed by atoms with Crippen LogP contribution in [0, 0.1) is 0 Å². The molecule has 4 rings (SSSR count). The maximum absolute atomic E-state index is 12.9. The van der Waals surface area contributed by atoms with Crippen molar-refractivity contribution in [2.24, 2.45) is 0 Å². The molecule has 0 N–H and O–H groups in total. The fourth-order valence-corrected chi connectivity index (χ4v) is 3.89. The third-order valence-electron chi connectivity index (χ3n) is 5.34. The number of benzene rings is 3. The summed E-state index contributed by atoms with van der Waals surface area (Å²) in [7, 11) is 0. The van der Waals surface area contributed by atoms with Gasteiger partial charge in [-0.3, -0.25) is 4.79 Å². The Morgan fingerprint density at radius 2 is 1.30 bits per heavy atom. The third kappa shape index (κ3) is 4.08. The SMILES string of the molecule is CC1(C)OCC(C(=O)COC(c2ccccc2)(c2ccccc2)c2ccccc2)O1. The van der Waals surface area contributed by atoms with Gasteiger partial charge in [-0.1, -0.05) is 91.0 Å². The number of ether oxygens (including phenoxy) is 3. The van der Waals surface area contributed by atoms with Crippen LogP contribution in [0.25, 0.3) is 0 Å². The molecule has 1 atom stereocenters. The lowest BCUT2D eigenvalue weighted by Gasteiger charge is -2.36. The number of hydrogen-bond donors (Lipinski definition) is 0. The summed E-state index contributed by atoms with van der Waals surface area (Å²) in [5.74, 6) is -0.886. The molecule has 1 saturated heterocycles. The number of ketones is 1. The van der Waals surface area contributed by atoms with Crippen LogP contribution < -0.4 is 0 Å². The Hall–Kier alpha value is -2.79. The van der Waals surface area contributed by atoms with Gasteiger partial charge in [-0.2, -0.15) is 0 Å². The smallest absolute Gasteiger partial charge is 0.189 e. The molecule has 1 aliphatic rings. The summed E-state index contributed by atoms with van der Waals surface area (Å²) in [4.78, 5) is 12.9. The molecular formula is C26H26O4.